The Balaban J connectivity index is 2.04. The zero-order valence-electron chi connectivity index (χ0n) is 19.1. The minimum atomic E-state index is -1.01. The van der Waals surface area contributed by atoms with E-state index in [2.05, 4.69) is 24.7 Å². The van der Waals surface area contributed by atoms with Gasteiger partial charge in [-0.3, -0.25) is 4.79 Å². The average molecular weight is 452 g/mol. The highest BCUT2D eigenvalue weighted by Crippen LogP contribution is 2.38. The normalized spacial score (nSPS) is 13.4. The molecular formula is C27H30FNO4. The summed E-state index contributed by atoms with van der Waals surface area (Å²) in [5, 5.41) is 20.5. The zero-order chi connectivity index (χ0) is 24.0. The summed E-state index contributed by atoms with van der Waals surface area (Å²) in [5.41, 5.74) is 4.76. The van der Waals surface area contributed by atoms with Crippen LogP contribution in [0, 0.1) is 5.82 Å². The highest BCUT2D eigenvalue weighted by Gasteiger charge is 2.20. The quantitative estimate of drug-likeness (QED) is 0.437. The predicted octanol–water partition coefficient (Wildman–Crippen LogP) is 5.23. The molecule has 2 atom stereocenters. The molecule has 174 valence electrons. The van der Waals surface area contributed by atoms with Crippen molar-refractivity contribution in [3.05, 3.63) is 78.3 Å². The lowest BCUT2D eigenvalue weighted by molar-refractivity contribution is -0.143. The van der Waals surface area contributed by atoms with Crippen LogP contribution in [0.2, 0.25) is 0 Å². The summed E-state index contributed by atoms with van der Waals surface area (Å²) in [6.07, 6.45) is 1.21. The smallest absolute Gasteiger partial charge is 0.308 e. The molecule has 0 aliphatic heterocycles. The van der Waals surface area contributed by atoms with Crippen LogP contribution < -0.4 is 0 Å². The van der Waals surface area contributed by atoms with Gasteiger partial charge in [0.05, 0.1) is 31.4 Å². The molecule has 0 radical (unpaired) electrons. The number of aliphatic hydroxyl groups is 2. The molecule has 1 heterocycles. The van der Waals surface area contributed by atoms with Crippen LogP contribution in [0.4, 0.5) is 4.39 Å². The molecule has 0 amide bonds. The number of methoxy groups -OCH3 is 1. The lowest BCUT2D eigenvalue weighted by Gasteiger charge is -2.15. The van der Waals surface area contributed by atoms with Crippen molar-refractivity contribution in [3.8, 4) is 22.4 Å². The summed E-state index contributed by atoms with van der Waals surface area (Å²) >= 11 is 0. The number of halogens is 1. The first-order chi connectivity index (χ1) is 15.8. The number of esters is 1. The second-order valence-electron chi connectivity index (χ2n) is 8.31. The van der Waals surface area contributed by atoms with E-state index in [-0.39, 0.29) is 24.6 Å². The minimum absolute atomic E-state index is 0.00129. The van der Waals surface area contributed by atoms with Crippen molar-refractivity contribution in [2.75, 3.05) is 7.11 Å². The van der Waals surface area contributed by atoms with Gasteiger partial charge in [0, 0.05) is 23.9 Å². The van der Waals surface area contributed by atoms with Gasteiger partial charge < -0.3 is 19.5 Å². The fraction of sp³-hybridized carbons (Fsp3) is 0.296. The van der Waals surface area contributed by atoms with E-state index in [0.29, 0.717) is 0 Å². The molecule has 0 fully saturated rings. The molecule has 3 aromatic rings. The van der Waals surface area contributed by atoms with E-state index in [0.717, 1.165) is 28.1 Å². The Morgan fingerprint density at radius 3 is 2.33 bits per heavy atom. The molecule has 0 spiro atoms. The molecule has 0 aliphatic rings. The summed E-state index contributed by atoms with van der Waals surface area (Å²) in [6.45, 7) is 4.17. The van der Waals surface area contributed by atoms with Crippen LogP contribution in [0.3, 0.4) is 0 Å². The van der Waals surface area contributed by atoms with Crippen molar-refractivity contribution in [1.82, 2.24) is 4.57 Å². The Morgan fingerprint density at radius 1 is 1.06 bits per heavy atom. The molecule has 6 heteroatoms. The number of rotatable bonds is 9. The Bertz CT molecular complexity index is 1090. The van der Waals surface area contributed by atoms with Gasteiger partial charge in [-0.15, -0.1) is 0 Å². The van der Waals surface area contributed by atoms with Crippen molar-refractivity contribution >= 4 is 12.2 Å². The summed E-state index contributed by atoms with van der Waals surface area (Å²) in [6, 6.07) is 18.4. The Hall–Kier alpha value is -3.22. The van der Waals surface area contributed by atoms with E-state index >= 15 is 0 Å². The number of aromatic nitrogens is 1. The van der Waals surface area contributed by atoms with Crippen molar-refractivity contribution in [2.24, 2.45) is 0 Å². The highest BCUT2D eigenvalue weighted by atomic mass is 19.1. The lowest BCUT2D eigenvalue weighted by Crippen LogP contribution is -2.20. The predicted molar refractivity (Wildman–Crippen MR) is 128 cm³/mol. The maximum Gasteiger partial charge on any atom is 0.308 e. The van der Waals surface area contributed by atoms with E-state index in [4.69, 9.17) is 0 Å². The third-order valence-electron chi connectivity index (χ3n) is 5.46. The fourth-order valence-electron chi connectivity index (χ4n) is 3.79. The molecule has 2 aromatic carbocycles. The van der Waals surface area contributed by atoms with Crippen LogP contribution in [0.1, 0.15) is 38.3 Å². The number of carbonyl (C=O) groups is 1. The number of carbonyl (C=O) groups excluding carboxylic acids is 1. The van der Waals surface area contributed by atoms with Crippen LogP contribution >= 0.6 is 0 Å². The van der Waals surface area contributed by atoms with Crippen LogP contribution in [0.15, 0.2) is 66.7 Å². The van der Waals surface area contributed by atoms with Gasteiger partial charge in [-0.2, -0.15) is 0 Å². The molecular weight excluding hydrogens is 421 g/mol. The molecule has 2 unspecified atom stereocenters. The summed E-state index contributed by atoms with van der Waals surface area (Å²) < 4.78 is 20.2. The SMILES string of the molecule is COC(=O)CC(O)CC(O)/C=C/n1c(C(C)C)cc(-c2ccccc2)c1-c1ccc(F)cc1. The maximum atomic E-state index is 13.6. The van der Waals surface area contributed by atoms with Crippen LogP contribution in [0.25, 0.3) is 28.6 Å². The van der Waals surface area contributed by atoms with Crippen LogP contribution in [-0.2, 0) is 9.53 Å². The zero-order valence-corrected chi connectivity index (χ0v) is 19.1. The lowest BCUT2D eigenvalue weighted by atomic mass is 10.0. The van der Waals surface area contributed by atoms with Gasteiger partial charge in [0.2, 0.25) is 0 Å². The summed E-state index contributed by atoms with van der Waals surface area (Å²) in [5.74, 6) is -0.668. The Labute approximate surface area is 193 Å². The molecule has 2 N–H and O–H groups in total. The van der Waals surface area contributed by atoms with Gasteiger partial charge in [0.1, 0.15) is 5.82 Å². The number of ether oxygens (including phenoxy) is 1. The monoisotopic (exact) mass is 451 g/mol. The van der Waals surface area contributed by atoms with E-state index in [1.807, 2.05) is 34.9 Å². The molecule has 1 aromatic heterocycles. The minimum Gasteiger partial charge on any atom is -0.469 e. The molecule has 5 nitrogen and oxygen atoms in total. The van der Waals surface area contributed by atoms with Crippen molar-refractivity contribution < 1.29 is 24.1 Å². The van der Waals surface area contributed by atoms with Gasteiger partial charge in [-0.1, -0.05) is 44.2 Å². The third kappa shape index (κ3) is 6.18. The number of benzene rings is 2. The molecule has 0 bridgehead atoms. The summed E-state index contributed by atoms with van der Waals surface area (Å²) in [7, 11) is 1.26. The largest absolute Gasteiger partial charge is 0.469 e. The second kappa shape index (κ2) is 11.1. The maximum absolute atomic E-state index is 13.6. The number of aliphatic hydroxyl groups excluding tert-OH is 2. The van der Waals surface area contributed by atoms with Gasteiger partial charge in [-0.05, 0) is 53.5 Å². The molecule has 0 saturated carbocycles. The first kappa shape index (κ1) is 24.4. The highest BCUT2D eigenvalue weighted by molar-refractivity contribution is 5.84. The third-order valence-corrected chi connectivity index (χ3v) is 5.46. The Kier molecular flexibility index (Phi) is 8.20. The van der Waals surface area contributed by atoms with Crippen molar-refractivity contribution in [1.29, 1.82) is 0 Å². The molecule has 33 heavy (non-hydrogen) atoms. The second-order valence-corrected chi connectivity index (χ2v) is 8.31. The fourth-order valence-corrected chi connectivity index (χ4v) is 3.79. The number of hydrogen-bond donors (Lipinski definition) is 2. The van der Waals surface area contributed by atoms with Gasteiger partial charge in [0.25, 0.3) is 0 Å². The first-order valence-electron chi connectivity index (χ1n) is 11.0. The van der Waals surface area contributed by atoms with E-state index in [9.17, 15) is 19.4 Å². The van der Waals surface area contributed by atoms with E-state index in [1.165, 1.54) is 19.2 Å². The van der Waals surface area contributed by atoms with E-state index < -0.39 is 18.2 Å². The topological polar surface area (TPSA) is 71.7 Å². The number of nitrogens with zero attached hydrogens (tertiary/aromatic N) is 1. The van der Waals surface area contributed by atoms with Crippen molar-refractivity contribution in [3.63, 3.8) is 0 Å². The van der Waals surface area contributed by atoms with Crippen LogP contribution in [0.5, 0.6) is 0 Å². The van der Waals surface area contributed by atoms with E-state index in [1.54, 1.807) is 24.4 Å². The summed E-state index contributed by atoms with van der Waals surface area (Å²) in [4.78, 5) is 11.4. The average Bonchev–Trinajstić information content (AvgIpc) is 3.18. The molecule has 3 rings (SSSR count). The van der Waals surface area contributed by atoms with Gasteiger partial charge >= 0.3 is 5.97 Å². The molecule has 0 aliphatic carbocycles. The molecule has 0 saturated heterocycles. The standard InChI is InChI=1S/C27H30FNO4/c1-18(2)25-17-24(19-7-5-4-6-8-19)27(20-9-11-21(28)12-10-20)29(25)14-13-22(30)15-23(31)16-26(32)33-3/h4-14,17-18,22-23,30-31H,15-16H2,1-3H3/b14-13+. The van der Waals surface area contributed by atoms with Crippen LogP contribution in [-0.4, -0.2) is 40.1 Å². The van der Waals surface area contributed by atoms with Gasteiger partial charge in [-0.25, -0.2) is 4.39 Å². The van der Waals surface area contributed by atoms with Crippen molar-refractivity contribution in [2.45, 2.75) is 44.8 Å². The Morgan fingerprint density at radius 2 is 1.73 bits per heavy atom. The van der Waals surface area contributed by atoms with Gasteiger partial charge in [0.15, 0.2) is 0 Å². The number of hydrogen-bond acceptors (Lipinski definition) is 4. The first-order valence-corrected chi connectivity index (χ1v) is 11.0.